The number of hydrogen-bond acceptors (Lipinski definition) is 2. The Morgan fingerprint density at radius 2 is 1.71 bits per heavy atom. The molecule has 1 aromatic rings. The van der Waals surface area contributed by atoms with E-state index in [-0.39, 0.29) is 6.04 Å². The molecule has 17 heavy (non-hydrogen) atoms. The molecule has 2 atom stereocenters. The second-order valence-corrected chi connectivity index (χ2v) is 5.47. The minimum atomic E-state index is -0.408. The highest BCUT2D eigenvalue weighted by Crippen LogP contribution is 2.27. The molecule has 1 aromatic carbocycles. The molecule has 0 spiro atoms. The molecule has 0 radical (unpaired) electrons. The zero-order valence-electron chi connectivity index (χ0n) is 11.2. The highest BCUT2D eigenvalue weighted by atomic mass is 16.3. The largest absolute Gasteiger partial charge is 0.387 e. The maximum atomic E-state index is 10.4. The number of aliphatic hydroxyl groups is 1. The molecule has 2 nitrogen and oxygen atoms in total. The van der Waals surface area contributed by atoms with E-state index in [9.17, 15) is 5.11 Å². The lowest BCUT2D eigenvalue weighted by Crippen LogP contribution is -2.34. The third-order valence-electron chi connectivity index (χ3n) is 3.75. The van der Waals surface area contributed by atoms with E-state index in [0.717, 1.165) is 5.56 Å². The molecule has 2 unspecified atom stereocenters. The average Bonchev–Trinajstić information content (AvgIpc) is 3.06. The number of benzene rings is 1. The minimum Gasteiger partial charge on any atom is -0.387 e. The van der Waals surface area contributed by atoms with Crippen LogP contribution in [0.25, 0.3) is 0 Å². The van der Waals surface area contributed by atoms with Gasteiger partial charge in [-0.15, -0.1) is 0 Å². The summed E-state index contributed by atoms with van der Waals surface area (Å²) >= 11 is 0. The molecule has 2 N–H and O–H groups in total. The molecule has 0 saturated heterocycles. The van der Waals surface area contributed by atoms with Gasteiger partial charge in [0, 0.05) is 12.1 Å². The first-order chi connectivity index (χ1) is 7.99. The van der Waals surface area contributed by atoms with Crippen molar-refractivity contribution in [2.75, 3.05) is 0 Å². The smallest absolute Gasteiger partial charge is 0.0942 e. The van der Waals surface area contributed by atoms with Crippen molar-refractivity contribution < 1.29 is 5.11 Å². The van der Waals surface area contributed by atoms with E-state index >= 15 is 0 Å². The van der Waals surface area contributed by atoms with Gasteiger partial charge in [0.1, 0.15) is 0 Å². The van der Waals surface area contributed by atoms with Crippen molar-refractivity contribution >= 4 is 0 Å². The Balaban J connectivity index is 2.16. The van der Waals surface area contributed by atoms with Crippen molar-refractivity contribution in [2.24, 2.45) is 0 Å². The van der Waals surface area contributed by atoms with Crippen LogP contribution in [0.5, 0.6) is 0 Å². The highest BCUT2D eigenvalue weighted by Gasteiger charge is 2.27. The summed E-state index contributed by atoms with van der Waals surface area (Å²) in [6.07, 6.45) is 2.10. The first-order valence-corrected chi connectivity index (χ1v) is 6.51. The van der Waals surface area contributed by atoms with Gasteiger partial charge in [-0.3, -0.25) is 0 Å². The average molecular weight is 233 g/mol. The molecule has 94 valence electrons. The molecule has 0 aromatic heterocycles. The Kier molecular flexibility index (Phi) is 3.55. The molecule has 0 amide bonds. The number of nitrogens with one attached hydrogen (secondary N) is 1. The van der Waals surface area contributed by atoms with Gasteiger partial charge in [0.25, 0.3) is 0 Å². The Labute approximate surface area is 104 Å². The summed E-state index contributed by atoms with van der Waals surface area (Å²) in [6.45, 7) is 8.36. The van der Waals surface area contributed by atoms with Crippen LogP contribution in [-0.2, 0) is 0 Å². The summed E-state index contributed by atoms with van der Waals surface area (Å²) in [6, 6.07) is 5.05. The van der Waals surface area contributed by atoms with Crippen molar-refractivity contribution in [3.8, 4) is 0 Å². The number of aryl methyl sites for hydroxylation is 3. The topological polar surface area (TPSA) is 32.3 Å². The molecular formula is C15H23NO. The van der Waals surface area contributed by atoms with E-state index in [4.69, 9.17) is 0 Å². The van der Waals surface area contributed by atoms with Gasteiger partial charge in [-0.05, 0) is 62.8 Å². The summed E-state index contributed by atoms with van der Waals surface area (Å²) in [4.78, 5) is 0. The maximum Gasteiger partial charge on any atom is 0.0942 e. The Morgan fingerprint density at radius 3 is 2.29 bits per heavy atom. The number of rotatable bonds is 4. The molecule has 0 aliphatic heterocycles. The summed E-state index contributed by atoms with van der Waals surface area (Å²) in [7, 11) is 0. The molecule has 1 aliphatic carbocycles. The molecule has 2 heteroatoms. The second-order valence-electron chi connectivity index (χ2n) is 5.47. The summed E-state index contributed by atoms with van der Waals surface area (Å²) in [5, 5.41) is 13.9. The molecule has 1 fully saturated rings. The van der Waals surface area contributed by atoms with Crippen LogP contribution in [0.15, 0.2) is 12.1 Å². The second kappa shape index (κ2) is 4.79. The van der Waals surface area contributed by atoms with Crippen LogP contribution < -0.4 is 5.32 Å². The normalized spacial score (nSPS) is 19.1. The molecule has 1 saturated carbocycles. The summed E-state index contributed by atoms with van der Waals surface area (Å²) in [5.41, 5.74) is 4.79. The van der Waals surface area contributed by atoms with Gasteiger partial charge in [0.2, 0.25) is 0 Å². The van der Waals surface area contributed by atoms with Gasteiger partial charge in [0.15, 0.2) is 0 Å². The van der Waals surface area contributed by atoms with Crippen LogP contribution in [0.1, 0.15) is 48.1 Å². The first-order valence-electron chi connectivity index (χ1n) is 6.51. The quantitative estimate of drug-likeness (QED) is 0.838. The third-order valence-corrected chi connectivity index (χ3v) is 3.75. The summed E-state index contributed by atoms with van der Waals surface area (Å²) in [5.74, 6) is 0. The van der Waals surface area contributed by atoms with Crippen LogP contribution in [0.2, 0.25) is 0 Å². The SMILES string of the molecule is Cc1cc(C)c(C(O)C(C)NC2CC2)cc1C. The third kappa shape index (κ3) is 2.88. The van der Waals surface area contributed by atoms with E-state index in [0.29, 0.717) is 6.04 Å². The predicted octanol–water partition coefficient (Wildman–Crippen LogP) is 2.79. The van der Waals surface area contributed by atoms with Gasteiger partial charge in [-0.2, -0.15) is 0 Å². The van der Waals surface area contributed by atoms with Crippen molar-refractivity contribution in [2.45, 2.75) is 58.7 Å². The van der Waals surface area contributed by atoms with E-state index in [1.807, 2.05) is 0 Å². The standard InChI is InChI=1S/C15H23NO/c1-9-7-11(3)14(8-10(9)2)15(17)12(4)16-13-5-6-13/h7-8,12-13,15-17H,5-6H2,1-4H3. The monoisotopic (exact) mass is 233 g/mol. The van der Waals surface area contributed by atoms with Crippen molar-refractivity contribution in [3.63, 3.8) is 0 Å². The maximum absolute atomic E-state index is 10.4. The van der Waals surface area contributed by atoms with Crippen molar-refractivity contribution in [1.82, 2.24) is 5.32 Å². The Hall–Kier alpha value is -0.860. The van der Waals surface area contributed by atoms with Gasteiger partial charge in [-0.25, -0.2) is 0 Å². The number of hydrogen-bond donors (Lipinski definition) is 2. The summed E-state index contributed by atoms with van der Waals surface area (Å²) < 4.78 is 0. The van der Waals surface area contributed by atoms with Crippen LogP contribution in [-0.4, -0.2) is 17.2 Å². The lowest BCUT2D eigenvalue weighted by Gasteiger charge is -2.23. The lowest BCUT2D eigenvalue weighted by molar-refractivity contribution is 0.134. The molecule has 0 bridgehead atoms. The fourth-order valence-electron chi connectivity index (χ4n) is 2.28. The van der Waals surface area contributed by atoms with Crippen molar-refractivity contribution in [3.05, 3.63) is 34.4 Å². The van der Waals surface area contributed by atoms with Gasteiger partial charge < -0.3 is 10.4 Å². The van der Waals surface area contributed by atoms with E-state index in [2.05, 4.69) is 45.1 Å². The van der Waals surface area contributed by atoms with Crippen LogP contribution in [0.4, 0.5) is 0 Å². The molecule has 2 rings (SSSR count). The molecule has 1 aliphatic rings. The van der Waals surface area contributed by atoms with Crippen molar-refractivity contribution in [1.29, 1.82) is 0 Å². The van der Waals surface area contributed by atoms with E-state index in [1.54, 1.807) is 0 Å². The fraction of sp³-hybridized carbons (Fsp3) is 0.600. The highest BCUT2D eigenvalue weighted by molar-refractivity contribution is 5.38. The zero-order chi connectivity index (χ0) is 12.6. The molecule has 0 heterocycles. The van der Waals surface area contributed by atoms with E-state index in [1.165, 1.54) is 29.5 Å². The lowest BCUT2D eigenvalue weighted by atomic mass is 9.94. The van der Waals surface area contributed by atoms with Gasteiger partial charge in [0.05, 0.1) is 6.10 Å². The number of aliphatic hydroxyl groups excluding tert-OH is 1. The first kappa shape index (κ1) is 12.6. The predicted molar refractivity (Wildman–Crippen MR) is 71.2 cm³/mol. The minimum absolute atomic E-state index is 0.128. The Bertz CT molecular complexity index is 410. The molecular weight excluding hydrogens is 210 g/mol. The zero-order valence-corrected chi connectivity index (χ0v) is 11.2. The van der Waals surface area contributed by atoms with Gasteiger partial charge >= 0.3 is 0 Å². The van der Waals surface area contributed by atoms with Crippen LogP contribution >= 0.6 is 0 Å². The van der Waals surface area contributed by atoms with E-state index < -0.39 is 6.10 Å². The van der Waals surface area contributed by atoms with Crippen LogP contribution in [0.3, 0.4) is 0 Å². The fourth-order valence-corrected chi connectivity index (χ4v) is 2.28. The van der Waals surface area contributed by atoms with Crippen LogP contribution in [0, 0.1) is 20.8 Å². The van der Waals surface area contributed by atoms with Gasteiger partial charge in [-0.1, -0.05) is 12.1 Å². The Morgan fingerprint density at radius 1 is 1.12 bits per heavy atom.